The normalized spacial score (nSPS) is 19.3. The molecular weight excluding hydrogens is 252 g/mol. The molecule has 0 saturated carbocycles. The van der Waals surface area contributed by atoms with Gasteiger partial charge in [-0.15, -0.1) is 0 Å². The van der Waals surface area contributed by atoms with E-state index in [-0.39, 0.29) is 5.54 Å². The summed E-state index contributed by atoms with van der Waals surface area (Å²) in [6.07, 6.45) is 2.24. The van der Waals surface area contributed by atoms with E-state index in [1.807, 2.05) is 6.07 Å². The van der Waals surface area contributed by atoms with Gasteiger partial charge in [-0.05, 0) is 44.4 Å². The summed E-state index contributed by atoms with van der Waals surface area (Å²) in [5, 5.41) is 3.42. The van der Waals surface area contributed by atoms with Crippen LogP contribution < -0.4 is 14.8 Å². The number of nitrogens with one attached hydrogen (secondary N) is 1. The molecule has 1 saturated heterocycles. The summed E-state index contributed by atoms with van der Waals surface area (Å²) in [6.45, 7) is 9.56. The molecule has 0 radical (unpaired) electrons. The Morgan fingerprint density at radius 2 is 1.90 bits per heavy atom. The van der Waals surface area contributed by atoms with Crippen LogP contribution in [-0.2, 0) is 6.42 Å². The minimum Gasteiger partial charge on any atom is -0.454 e. The van der Waals surface area contributed by atoms with Gasteiger partial charge in [0.2, 0.25) is 6.79 Å². The van der Waals surface area contributed by atoms with E-state index >= 15 is 0 Å². The van der Waals surface area contributed by atoms with Crippen LogP contribution in [0.4, 0.5) is 0 Å². The van der Waals surface area contributed by atoms with Gasteiger partial charge in [0.05, 0.1) is 0 Å². The number of hydrogen-bond acceptors (Lipinski definition) is 4. The van der Waals surface area contributed by atoms with E-state index < -0.39 is 0 Å². The highest BCUT2D eigenvalue weighted by Crippen LogP contribution is 2.33. The second-order valence-electron chi connectivity index (χ2n) is 6.24. The fourth-order valence-corrected chi connectivity index (χ4v) is 2.97. The summed E-state index contributed by atoms with van der Waals surface area (Å²) in [5.41, 5.74) is 1.58. The Labute approximate surface area is 121 Å². The van der Waals surface area contributed by atoms with E-state index in [0.29, 0.717) is 6.79 Å². The van der Waals surface area contributed by atoms with Crippen molar-refractivity contribution >= 4 is 0 Å². The Kier molecular flexibility index (Phi) is 3.85. The molecule has 4 nitrogen and oxygen atoms in total. The summed E-state index contributed by atoms with van der Waals surface area (Å²) in [7, 11) is 0. The quantitative estimate of drug-likeness (QED) is 0.912. The molecule has 0 atom stereocenters. The number of piperazine rings is 1. The molecule has 20 heavy (non-hydrogen) atoms. The maximum Gasteiger partial charge on any atom is 0.231 e. The summed E-state index contributed by atoms with van der Waals surface area (Å²) < 4.78 is 10.8. The number of aryl methyl sites for hydroxylation is 1. The van der Waals surface area contributed by atoms with Crippen molar-refractivity contribution in [2.75, 3.05) is 33.0 Å². The highest BCUT2D eigenvalue weighted by atomic mass is 16.7. The second kappa shape index (κ2) is 5.62. The average Bonchev–Trinajstić information content (AvgIpc) is 2.94. The van der Waals surface area contributed by atoms with Gasteiger partial charge in [0.1, 0.15) is 0 Å². The molecule has 2 aliphatic heterocycles. The fraction of sp³-hybridized carbons (Fsp3) is 0.625. The molecule has 0 spiro atoms. The third kappa shape index (κ3) is 2.91. The molecule has 1 aromatic rings. The zero-order chi connectivity index (χ0) is 14.0. The van der Waals surface area contributed by atoms with Crippen LogP contribution in [0, 0.1) is 0 Å². The SMILES string of the molecule is CC(C)(CCc1ccc2c(c1)OCO2)N1CCNCC1. The Morgan fingerprint density at radius 3 is 2.70 bits per heavy atom. The zero-order valence-corrected chi connectivity index (χ0v) is 12.4. The van der Waals surface area contributed by atoms with Crippen molar-refractivity contribution in [3.05, 3.63) is 23.8 Å². The first-order valence-corrected chi connectivity index (χ1v) is 7.49. The summed E-state index contributed by atoms with van der Waals surface area (Å²) in [5.74, 6) is 1.76. The van der Waals surface area contributed by atoms with Crippen molar-refractivity contribution in [1.29, 1.82) is 0 Å². The molecule has 110 valence electrons. The van der Waals surface area contributed by atoms with Gasteiger partial charge in [-0.1, -0.05) is 6.07 Å². The predicted octanol–water partition coefficient (Wildman–Crippen LogP) is 2.03. The smallest absolute Gasteiger partial charge is 0.231 e. The van der Waals surface area contributed by atoms with Gasteiger partial charge in [-0.3, -0.25) is 4.90 Å². The maximum absolute atomic E-state index is 5.45. The van der Waals surface area contributed by atoms with Gasteiger partial charge in [-0.25, -0.2) is 0 Å². The lowest BCUT2D eigenvalue weighted by Crippen LogP contribution is -2.53. The first-order valence-electron chi connectivity index (χ1n) is 7.49. The van der Waals surface area contributed by atoms with Crippen molar-refractivity contribution in [2.45, 2.75) is 32.2 Å². The highest BCUT2D eigenvalue weighted by molar-refractivity contribution is 5.44. The Morgan fingerprint density at radius 1 is 1.15 bits per heavy atom. The molecule has 0 aliphatic carbocycles. The van der Waals surface area contributed by atoms with Crippen LogP contribution in [0.5, 0.6) is 11.5 Å². The molecule has 0 unspecified atom stereocenters. The van der Waals surface area contributed by atoms with Crippen molar-refractivity contribution < 1.29 is 9.47 Å². The first kappa shape index (κ1) is 13.7. The molecule has 0 amide bonds. The van der Waals surface area contributed by atoms with Crippen LogP contribution in [0.25, 0.3) is 0 Å². The molecule has 0 aromatic heterocycles. The van der Waals surface area contributed by atoms with E-state index in [1.165, 1.54) is 5.56 Å². The lowest BCUT2D eigenvalue weighted by Gasteiger charge is -2.41. The number of ether oxygens (including phenoxy) is 2. The number of rotatable bonds is 4. The summed E-state index contributed by atoms with van der Waals surface area (Å²) in [6, 6.07) is 6.30. The molecule has 1 fully saturated rings. The first-order chi connectivity index (χ1) is 9.65. The van der Waals surface area contributed by atoms with E-state index in [1.54, 1.807) is 0 Å². The predicted molar refractivity (Wildman–Crippen MR) is 79.4 cm³/mol. The molecule has 3 rings (SSSR count). The van der Waals surface area contributed by atoms with Crippen molar-refractivity contribution in [3.8, 4) is 11.5 Å². The zero-order valence-electron chi connectivity index (χ0n) is 12.4. The van der Waals surface area contributed by atoms with Crippen LogP contribution in [-0.4, -0.2) is 43.4 Å². The largest absolute Gasteiger partial charge is 0.454 e. The van der Waals surface area contributed by atoms with E-state index in [2.05, 4.69) is 36.2 Å². The molecule has 4 heteroatoms. The second-order valence-corrected chi connectivity index (χ2v) is 6.24. The molecule has 0 bridgehead atoms. The average molecular weight is 276 g/mol. The minimum absolute atomic E-state index is 0.248. The molecule has 1 N–H and O–H groups in total. The molecule has 1 aromatic carbocycles. The summed E-state index contributed by atoms with van der Waals surface area (Å²) in [4.78, 5) is 2.59. The van der Waals surface area contributed by atoms with Gasteiger partial charge in [0, 0.05) is 31.7 Å². The third-order valence-electron chi connectivity index (χ3n) is 4.44. The minimum atomic E-state index is 0.248. The Balaban J connectivity index is 1.60. The van der Waals surface area contributed by atoms with Crippen LogP contribution in [0.3, 0.4) is 0 Å². The lowest BCUT2D eigenvalue weighted by atomic mass is 9.92. The van der Waals surface area contributed by atoms with Gasteiger partial charge in [0.15, 0.2) is 11.5 Å². The van der Waals surface area contributed by atoms with Crippen LogP contribution in [0.2, 0.25) is 0 Å². The Hall–Kier alpha value is -1.26. The number of hydrogen-bond donors (Lipinski definition) is 1. The highest BCUT2D eigenvalue weighted by Gasteiger charge is 2.27. The lowest BCUT2D eigenvalue weighted by molar-refractivity contribution is 0.0959. The third-order valence-corrected chi connectivity index (χ3v) is 4.44. The fourth-order valence-electron chi connectivity index (χ4n) is 2.97. The standard InChI is InChI=1S/C16H24N2O2/c1-16(2,18-9-7-17-8-10-18)6-5-13-3-4-14-15(11-13)20-12-19-14/h3-4,11,17H,5-10,12H2,1-2H3. The number of nitrogens with zero attached hydrogens (tertiary/aromatic N) is 1. The monoisotopic (exact) mass is 276 g/mol. The van der Waals surface area contributed by atoms with Gasteiger partial charge >= 0.3 is 0 Å². The number of fused-ring (bicyclic) bond motifs is 1. The van der Waals surface area contributed by atoms with E-state index in [0.717, 1.165) is 50.5 Å². The molecule has 2 heterocycles. The van der Waals surface area contributed by atoms with Crippen LogP contribution in [0.15, 0.2) is 18.2 Å². The molecule has 2 aliphatic rings. The van der Waals surface area contributed by atoms with Crippen LogP contribution >= 0.6 is 0 Å². The maximum atomic E-state index is 5.45. The van der Waals surface area contributed by atoms with E-state index in [9.17, 15) is 0 Å². The van der Waals surface area contributed by atoms with Crippen LogP contribution in [0.1, 0.15) is 25.8 Å². The van der Waals surface area contributed by atoms with Crippen molar-refractivity contribution in [2.24, 2.45) is 0 Å². The van der Waals surface area contributed by atoms with E-state index in [4.69, 9.17) is 9.47 Å². The van der Waals surface area contributed by atoms with Gasteiger partial charge in [0.25, 0.3) is 0 Å². The van der Waals surface area contributed by atoms with Gasteiger partial charge in [-0.2, -0.15) is 0 Å². The Bertz CT molecular complexity index is 468. The van der Waals surface area contributed by atoms with Crippen molar-refractivity contribution in [1.82, 2.24) is 10.2 Å². The van der Waals surface area contributed by atoms with Crippen molar-refractivity contribution in [3.63, 3.8) is 0 Å². The van der Waals surface area contributed by atoms with Gasteiger partial charge < -0.3 is 14.8 Å². The molecular formula is C16H24N2O2. The number of benzene rings is 1. The topological polar surface area (TPSA) is 33.7 Å². The summed E-state index contributed by atoms with van der Waals surface area (Å²) >= 11 is 0.